The summed E-state index contributed by atoms with van der Waals surface area (Å²) in [5.74, 6) is -0.125. The van der Waals surface area contributed by atoms with E-state index in [0.717, 1.165) is 18.4 Å². The smallest absolute Gasteiger partial charge is 0.240 e. The first-order valence-corrected chi connectivity index (χ1v) is 7.73. The first-order chi connectivity index (χ1) is 10.0. The van der Waals surface area contributed by atoms with Gasteiger partial charge < -0.3 is 10.6 Å². The molecule has 1 aliphatic rings. The van der Waals surface area contributed by atoms with Gasteiger partial charge in [0.05, 0.1) is 0 Å². The Kier molecular flexibility index (Phi) is 5.23. The highest BCUT2D eigenvalue weighted by Crippen LogP contribution is 2.26. The third kappa shape index (κ3) is 3.76. The molecule has 2 amide bonds. The number of rotatable bonds is 6. The van der Waals surface area contributed by atoms with Crippen LogP contribution in [-0.2, 0) is 16.0 Å². The van der Waals surface area contributed by atoms with Gasteiger partial charge in [0.2, 0.25) is 11.8 Å². The fourth-order valence-corrected chi connectivity index (χ4v) is 3.16. The molecule has 0 saturated carbocycles. The summed E-state index contributed by atoms with van der Waals surface area (Å²) in [5.41, 5.74) is 6.36. The molecule has 0 bridgehead atoms. The number of amides is 2. The van der Waals surface area contributed by atoms with Gasteiger partial charge in [0.1, 0.15) is 6.04 Å². The number of nitrogens with zero attached hydrogens (tertiary/aromatic N) is 1. The zero-order valence-corrected chi connectivity index (χ0v) is 13.0. The molecule has 1 saturated heterocycles. The number of carbonyl (C=O) groups is 2. The van der Waals surface area contributed by atoms with E-state index in [0.29, 0.717) is 30.3 Å². The number of nitrogens with two attached hydrogens (primary N) is 1. The van der Waals surface area contributed by atoms with E-state index in [2.05, 4.69) is 6.92 Å². The number of benzene rings is 1. The summed E-state index contributed by atoms with van der Waals surface area (Å²) < 4.78 is 0. The van der Waals surface area contributed by atoms with Gasteiger partial charge in [-0.2, -0.15) is 0 Å². The van der Waals surface area contributed by atoms with Crippen LogP contribution in [0.2, 0.25) is 5.02 Å². The lowest BCUT2D eigenvalue weighted by atomic mass is 10.0. The van der Waals surface area contributed by atoms with Crippen molar-refractivity contribution in [3.63, 3.8) is 0 Å². The molecule has 4 nitrogen and oxygen atoms in total. The average molecular weight is 309 g/mol. The third-order valence-electron chi connectivity index (χ3n) is 4.01. The molecular formula is C16H21ClN2O2. The SMILES string of the molecule is CCCC1CC(=O)N(C(Cc2ccccc2Cl)C(N)=O)C1. The summed E-state index contributed by atoms with van der Waals surface area (Å²) in [4.78, 5) is 25.6. The Hall–Kier alpha value is -1.55. The molecule has 1 fully saturated rings. The van der Waals surface area contributed by atoms with Gasteiger partial charge in [0.15, 0.2) is 0 Å². The van der Waals surface area contributed by atoms with Crippen molar-refractivity contribution in [2.75, 3.05) is 6.54 Å². The Balaban J connectivity index is 2.15. The molecule has 2 unspecified atom stereocenters. The second kappa shape index (κ2) is 6.94. The molecule has 0 radical (unpaired) electrons. The van der Waals surface area contributed by atoms with Gasteiger partial charge in [-0.15, -0.1) is 0 Å². The van der Waals surface area contributed by atoms with Gasteiger partial charge in [0, 0.05) is 24.4 Å². The molecular weight excluding hydrogens is 288 g/mol. The molecule has 1 aromatic rings. The summed E-state index contributed by atoms with van der Waals surface area (Å²) in [6, 6.07) is 6.73. The van der Waals surface area contributed by atoms with Crippen LogP contribution in [-0.4, -0.2) is 29.3 Å². The van der Waals surface area contributed by atoms with Crippen LogP contribution in [0.4, 0.5) is 0 Å². The van der Waals surface area contributed by atoms with Crippen LogP contribution in [0.3, 0.4) is 0 Å². The van der Waals surface area contributed by atoms with Crippen molar-refractivity contribution in [2.24, 2.45) is 11.7 Å². The molecule has 21 heavy (non-hydrogen) atoms. The fraction of sp³-hybridized carbons (Fsp3) is 0.500. The lowest BCUT2D eigenvalue weighted by molar-refractivity contribution is -0.136. The van der Waals surface area contributed by atoms with E-state index in [1.165, 1.54) is 0 Å². The topological polar surface area (TPSA) is 63.4 Å². The van der Waals surface area contributed by atoms with Crippen LogP contribution in [0.25, 0.3) is 0 Å². The molecule has 0 spiro atoms. The zero-order valence-electron chi connectivity index (χ0n) is 12.2. The number of hydrogen-bond donors (Lipinski definition) is 1. The molecule has 1 aliphatic heterocycles. The van der Waals surface area contributed by atoms with Crippen molar-refractivity contribution in [1.82, 2.24) is 4.90 Å². The van der Waals surface area contributed by atoms with Gasteiger partial charge in [-0.25, -0.2) is 0 Å². The van der Waals surface area contributed by atoms with Gasteiger partial charge in [0.25, 0.3) is 0 Å². The summed E-state index contributed by atoms with van der Waals surface area (Å²) in [6.07, 6.45) is 2.93. The highest BCUT2D eigenvalue weighted by atomic mass is 35.5. The lowest BCUT2D eigenvalue weighted by Gasteiger charge is -2.26. The summed E-state index contributed by atoms with van der Waals surface area (Å²) >= 11 is 6.14. The average Bonchev–Trinajstić information content (AvgIpc) is 2.78. The maximum atomic E-state index is 12.2. The molecule has 2 atom stereocenters. The fourth-order valence-electron chi connectivity index (χ4n) is 2.95. The van der Waals surface area contributed by atoms with Crippen LogP contribution in [0.15, 0.2) is 24.3 Å². The minimum atomic E-state index is -0.612. The normalized spacial score (nSPS) is 19.8. The summed E-state index contributed by atoms with van der Waals surface area (Å²) in [5, 5.41) is 0.598. The van der Waals surface area contributed by atoms with E-state index in [9.17, 15) is 9.59 Å². The van der Waals surface area contributed by atoms with Gasteiger partial charge >= 0.3 is 0 Å². The highest BCUT2D eigenvalue weighted by Gasteiger charge is 2.36. The van der Waals surface area contributed by atoms with Crippen molar-refractivity contribution in [2.45, 2.75) is 38.6 Å². The van der Waals surface area contributed by atoms with Gasteiger partial charge in [-0.3, -0.25) is 9.59 Å². The Morgan fingerprint density at radius 2 is 2.19 bits per heavy atom. The monoisotopic (exact) mass is 308 g/mol. The van der Waals surface area contributed by atoms with E-state index in [1.807, 2.05) is 18.2 Å². The number of halogens is 1. The summed E-state index contributed by atoms with van der Waals surface area (Å²) in [7, 11) is 0. The number of carbonyl (C=O) groups excluding carboxylic acids is 2. The Bertz CT molecular complexity index is 533. The highest BCUT2D eigenvalue weighted by molar-refractivity contribution is 6.31. The van der Waals surface area contributed by atoms with Crippen LogP contribution >= 0.6 is 11.6 Å². The van der Waals surface area contributed by atoms with E-state index >= 15 is 0 Å². The molecule has 1 aromatic carbocycles. The molecule has 0 aliphatic carbocycles. The number of hydrogen-bond acceptors (Lipinski definition) is 2. The maximum Gasteiger partial charge on any atom is 0.240 e. The Morgan fingerprint density at radius 1 is 1.48 bits per heavy atom. The van der Waals surface area contributed by atoms with Crippen molar-refractivity contribution < 1.29 is 9.59 Å². The van der Waals surface area contributed by atoms with Gasteiger partial charge in [-0.05, 0) is 24.0 Å². The second-order valence-electron chi connectivity index (χ2n) is 5.62. The van der Waals surface area contributed by atoms with Crippen LogP contribution in [0.1, 0.15) is 31.7 Å². The molecule has 0 aromatic heterocycles. The first-order valence-electron chi connectivity index (χ1n) is 7.35. The second-order valence-corrected chi connectivity index (χ2v) is 6.03. The van der Waals surface area contributed by atoms with E-state index in [4.69, 9.17) is 17.3 Å². The number of likely N-dealkylation sites (tertiary alicyclic amines) is 1. The Morgan fingerprint density at radius 3 is 2.81 bits per heavy atom. The van der Waals surface area contributed by atoms with Crippen molar-refractivity contribution in [3.05, 3.63) is 34.9 Å². The first kappa shape index (κ1) is 15.8. The third-order valence-corrected chi connectivity index (χ3v) is 4.38. The summed E-state index contributed by atoms with van der Waals surface area (Å²) in [6.45, 7) is 2.72. The van der Waals surface area contributed by atoms with Crippen molar-refractivity contribution in [1.29, 1.82) is 0 Å². The molecule has 114 valence electrons. The zero-order chi connectivity index (χ0) is 15.4. The van der Waals surface area contributed by atoms with E-state index in [-0.39, 0.29) is 5.91 Å². The van der Waals surface area contributed by atoms with Crippen LogP contribution in [0, 0.1) is 5.92 Å². The Labute approximate surface area is 130 Å². The molecule has 2 rings (SSSR count). The van der Waals surface area contributed by atoms with Crippen molar-refractivity contribution in [3.8, 4) is 0 Å². The van der Waals surface area contributed by atoms with Crippen LogP contribution in [0.5, 0.6) is 0 Å². The van der Waals surface area contributed by atoms with E-state index in [1.54, 1.807) is 11.0 Å². The standard InChI is InChI=1S/C16H21ClN2O2/c1-2-5-11-8-15(20)19(10-11)14(16(18)21)9-12-6-3-4-7-13(12)17/h3-4,6-7,11,14H,2,5,8-10H2,1H3,(H2,18,21). The predicted octanol–water partition coefficient (Wildman–Crippen LogP) is 2.39. The van der Waals surface area contributed by atoms with Crippen molar-refractivity contribution >= 4 is 23.4 Å². The predicted molar refractivity (Wildman–Crippen MR) is 82.9 cm³/mol. The van der Waals surface area contributed by atoms with Crippen LogP contribution < -0.4 is 5.73 Å². The number of primary amides is 1. The molecule has 2 N–H and O–H groups in total. The van der Waals surface area contributed by atoms with Gasteiger partial charge in [-0.1, -0.05) is 43.1 Å². The minimum absolute atomic E-state index is 0.0179. The quantitative estimate of drug-likeness (QED) is 0.877. The minimum Gasteiger partial charge on any atom is -0.368 e. The maximum absolute atomic E-state index is 12.2. The van der Waals surface area contributed by atoms with E-state index < -0.39 is 11.9 Å². The largest absolute Gasteiger partial charge is 0.368 e. The molecule has 5 heteroatoms. The molecule has 1 heterocycles. The lowest BCUT2D eigenvalue weighted by Crippen LogP contribution is -2.47.